The zero-order chi connectivity index (χ0) is 17.8. The summed E-state index contributed by atoms with van der Waals surface area (Å²) in [5, 5.41) is 0. The van der Waals surface area contributed by atoms with Crippen LogP contribution in [0.4, 0.5) is 0 Å². The first kappa shape index (κ1) is 20.2. The summed E-state index contributed by atoms with van der Waals surface area (Å²) < 4.78 is 5.94. The quantitative estimate of drug-likeness (QED) is 0.664. The lowest BCUT2D eigenvalue weighted by molar-refractivity contribution is -0.00801. The molecule has 142 valence electrons. The van der Waals surface area contributed by atoms with E-state index in [1.165, 1.54) is 52.4 Å². The second-order valence-corrected chi connectivity index (χ2v) is 10.4. The minimum atomic E-state index is 0.412. The summed E-state index contributed by atoms with van der Waals surface area (Å²) >= 11 is 0. The first-order valence-corrected chi connectivity index (χ1v) is 9.86. The number of likely N-dealkylation sites (tertiary alicyclic amines) is 1. The maximum absolute atomic E-state index is 5.94. The standard InChI is InChI=1S/C20H41N3O/c1-19(2,3)16-22-9-7-21(8-10-22)11-12-24-15-18-13-23(14-18)17-20(4,5)6/h18H,7-17H2,1-6H3. The Morgan fingerprint density at radius 3 is 1.79 bits per heavy atom. The molecule has 0 aromatic rings. The van der Waals surface area contributed by atoms with Crippen LogP contribution in [0.2, 0.25) is 0 Å². The van der Waals surface area contributed by atoms with Gasteiger partial charge in [0.2, 0.25) is 0 Å². The Balaban J connectivity index is 1.47. The fourth-order valence-electron chi connectivity index (χ4n) is 3.87. The number of hydrogen-bond donors (Lipinski definition) is 0. The molecule has 2 saturated heterocycles. The Hall–Kier alpha value is -0.160. The molecule has 2 aliphatic rings. The SMILES string of the molecule is CC(C)(C)CN1CCN(CCOCC2CN(CC(C)(C)C)C2)CC1. The highest BCUT2D eigenvalue weighted by molar-refractivity contribution is 4.83. The Kier molecular flexibility index (Phi) is 7.12. The maximum Gasteiger partial charge on any atom is 0.0593 e. The van der Waals surface area contributed by atoms with E-state index in [9.17, 15) is 0 Å². The van der Waals surface area contributed by atoms with Crippen molar-refractivity contribution in [3.8, 4) is 0 Å². The van der Waals surface area contributed by atoms with E-state index in [1.54, 1.807) is 0 Å². The van der Waals surface area contributed by atoms with E-state index in [-0.39, 0.29) is 0 Å². The Bertz CT molecular complexity index is 358. The van der Waals surface area contributed by atoms with E-state index in [2.05, 4.69) is 56.2 Å². The number of piperazine rings is 1. The van der Waals surface area contributed by atoms with Crippen LogP contribution in [-0.4, -0.2) is 86.8 Å². The predicted octanol–water partition coefficient (Wildman–Crippen LogP) is 2.64. The van der Waals surface area contributed by atoms with Gasteiger partial charge in [-0.1, -0.05) is 41.5 Å². The number of ether oxygens (including phenoxy) is 1. The van der Waals surface area contributed by atoms with Gasteiger partial charge in [-0.25, -0.2) is 0 Å². The molecule has 0 aromatic carbocycles. The third-order valence-electron chi connectivity index (χ3n) is 4.80. The predicted molar refractivity (Wildman–Crippen MR) is 103 cm³/mol. The van der Waals surface area contributed by atoms with E-state index >= 15 is 0 Å². The molecule has 0 bridgehead atoms. The zero-order valence-electron chi connectivity index (χ0n) is 17.1. The average molecular weight is 340 g/mol. The minimum Gasteiger partial charge on any atom is -0.380 e. The maximum atomic E-state index is 5.94. The highest BCUT2D eigenvalue weighted by Crippen LogP contribution is 2.23. The van der Waals surface area contributed by atoms with Gasteiger partial charge in [0.25, 0.3) is 0 Å². The molecule has 0 unspecified atom stereocenters. The smallest absolute Gasteiger partial charge is 0.0593 e. The molecule has 0 amide bonds. The summed E-state index contributed by atoms with van der Waals surface area (Å²) in [6.07, 6.45) is 0. The third-order valence-corrected chi connectivity index (χ3v) is 4.80. The second kappa shape index (κ2) is 8.48. The van der Waals surface area contributed by atoms with Crippen LogP contribution in [0.3, 0.4) is 0 Å². The topological polar surface area (TPSA) is 19.0 Å². The molecule has 0 aliphatic carbocycles. The molecule has 0 saturated carbocycles. The summed E-state index contributed by atoms with van der Waals surface area (Å²) in [6, 6.07) is 0. The zero-order valence-corrected chi connectivity index (χ0v) is 17.1. The molecular formula is C20H41N3O. The van der Waals surface area contributed by atoms with Crippen molar-refractivity contribution >= 4 is 0 Å². The second-order valence-electron chi connectivity index (χ2n) is 10.4. The van der Waals surface area contributed by atoms with E-state index in [0.717, 1.165) is 25.7 Å². The van der Waals surface area contributed by atoms with Crippen LogP contribution in [0.15, 0.2) is 0 Å². The van der Waals surface area contributed by atoms with Crippen molar-refractivity contribution in [2.45, 2.75) is 41.5 Å². The van der Waals surface area contributed by atoms with Crippen molar-refractivity contribution in [3.05, 3.63) is 0 Å². The monoisotopic (exact) mass is 339 g/mol. The summed E-state index contributed by atoms with van der Waals surface area (Å²) in [4.78, 5) is 7.73. The molecule has 2 rings (SSSR count). The molecule has 0 radical (unpaired) electrons. The first-order valence-electron chi connectivity index (χ1n) is 9.86. The fourth-order valence-corrected chi connectivity index (χ4v) is 3.87. The molecule has 24 heavy (non-hydrogen) atoms. The van der Waals surface area contributed by atoms with E-state index < -0.39 is 0 Å². The van der Waals surface area contributed by atoms with Gasteiger partial charge in [-0.05, 0) is 10.8 Å². The van der Waals surface area contributed by atoms with Gasteiger partial charge in [-0.3, -0.25) is 4.90 Å². The van der Waals surface area contributed by atoms with Gasteiger partial charge in [0.1, 0.15) is 0 Å². The Morgan fingerprint density at radius 1 is 0.750 bits per heavy atom. The molecule has 2 aliphatic heterocycles. The van der Waals surface area contributed by atoms with E-state index in [1.807, 2.05) is 0 Å². The average Bonchev–Trinajstić information content (AvgIpc) is 2.39. The van der Waals surface area contributed by atoms with Crippen LogP contribution < -0.4 is 0 Å². The Morgan fingerprint density at radius 2 is 1.25 bits per heavy atom. The highest BCUT2D eigenvalue weighted by Gasteiger charge is 2.29. The van der Waals surface area contributed by atoms with Gasteiger partial charge in [0.15, 0.2) is 0 Å². The minimum absolute atomic E-state index is 0.412. The molecule has 0 N–H and O–H groups in total. The number of rotatable bonds is 7. The van der Waals surface area contributed by atoms with Crippen molar-refractivity contribution in [2.75, 3.05) is 72.1 Å². The van der Waals surface area contributed by atoms with Crippen molar-refractivity contribution < 1.29 is 4.74 Å². The van der Waals surface area contributed by atoms with Gasteiger partial charge < -0.3 is 14.5 Å². The van der Waals surface area contributed by atoms with Crippen molar-refractivity contribution in [3.63, 3.8) is 0 Å². The van der Waals surface area contributed by atoms with Crippen LogP contribution in [0, 0.1) is 16.7 Å². The lowest BCUT2D eigenvalue weighted by Gasteiger charge is -2.42. The van der Waals surface area contributed by atoms with Crippen molar-refractivity contribution in [1.82, 2.24) is 14.7 Å². The van der Waals surface area contributed by atoms with Crippen LogP contribution in [-0.2, 0) is 4.74 Å². The lowest BCUT2D eigenvalue weighted by Crippen LogP contribution is -2.51. The number of nitrogens with zero attached hydrogens (tertiary/aromatic N) is 3. The fraction of sp³-hybridized carbons (Fsp3) is 1.00. The van der Waals surface area contributed by atoms with E-state index in [4.69, 9.17) is 4.74 Å². The van der Waals surface area contributed by atoms with Gasteiger partial charge in [-0.15, -0.1) is 0 Å². The molecule has 4 nitrogen and oxygen atoms in total. The molecule has 0 aromatic heterocycles. The van der Waals surface area contributed by atoms with Crippen LogP contribution in [0.5, 0.6) is 0 Å². The van der Waals surface area contributed by atoms with Crippen LogP contribution in [0.25, 0.3) is 0 Å². The third kappa shape index (κ3) is 7.81. The van der Waals surface area contributed by atoms with Gasteiger partial charge in [0.05, 0.1) is 13.2 Å². The summed E-state index contributed by atoms with van der Waals surface area (Å²) in [6.45, 7) is 26.6. The Labute approximate surface area is 150 Å². The molecule has 4 heteroatoms. The molecule has 0 atom stereocenters. The molecular weight excluding hydrogens is 298 g/mol. The molecule has 2 heterocycles. The van der Waals surface area contributed by atoms with E-state index in [0.29, 0.717) is 10.8 Å². The number of hydrogen-bond acceptors (Lipinski definition) is 4. The normalized spacial score (nSPS) is 22.8. The largest absolute Gasteiger partial charge is 0.380 e. The lowest BCUT2D eigenvalue weighted by atomic mass is 9.92. The van der Waals surface area contributed by atoms with Gasteiger partial charge in [-0.2, -0.15) is 0 Å². The van der Waals surface area contributed by atoms with Gasteiger partial charge in [0, 0.05) is 64.8 Å². The van der Waals surface area contributed by atoms with Gasteiger partial charge >= 0.3 is 0 Å². The van der Waals surface area contributed by atoms with Crippen molar-refractivity contribution in [2.24, 2.45) is 16.7 Å². The molecule has 2 fully saturated rings. The first-order chi connectivity index (χ1) is 11.1. The summed E-state index contributed by atoms with van der Waals surface area (Å²) in [5.74, 6) is 0.760. The molecule has 0 spiro atoms. The van der Waals surface area contributed by atoms with Crippen LogP contribution >= 0.6 is 0 Å². The summed E-state index contributed by atoms with van der Waals surface area (Å²) in [5.41, 5.74) is 0.829. The highest BCUT2D eigenvalue weighted by atomic mass is 16.5. The summed E-state index contributed by atoms with van der Waals surface area (Å²) in [7, 11) is 0. The van der Waals surface area contributed by atoms with Crippen LogP contribution in [0.1, 0.15) is 41.5 Å². The van der Waals surface area contributed by atoms with Crippen molar-refractivity contribution in [1.29, 1.82) is 0 Å².